The molecule has 4 rings (SSSR count). The minimum Gasteiger partial charge on any atom is -0.351 e. The molecule has 3 aliphatic rings. The monoisotopic (exact) mass is 408 g/mol. The molecular weight excluding hydrogens is 394 g/mol. The third-order valence-corrected chi connectivity index (χ3v) is 5.50. The van der Waals surface area contributed by atoms with Gasteiger partial charge in [0.1, 0.15) is 0 Å². The smallest absolute Gasteiger partial charge is 0.351 e. The topological polar surface area (TPSA) is 49.9 Å². The number of halogens is 6. The highest BCUT2D eigenvalue weighted by Gasteiger charge is 2.63. The lowest BCUT2D eigenvalue weighted by Gasteiger charge is -2.31. The molecule has 0 radical (unpaired) electrons. The van der Waals surface area contributed by atoms with E-state index >= 15 is 0 Å². The fourth-order valence-electron chi connectivity index (χ4n) is 4.28. The second kappa shape index (κ2) is 5.85. The molecule has 11 heteroatoms. The molecular formula is C17H14F6N2O3. The number of ether oxygens (including phenoxy) is 1. The number of benzene rings is 1. The highest BCUT2D eigenvalue weighted by atomic mass is 19.4. The summed E-state index contributed by atoms with van der Waals surface area (Å²) in [7, 11) is 0. The van der Waals surface area contributed by atoms with E-state index in [4.69, 9.17) is 4.74 Å². The van der Waals surface area contributed by atoms with Crippen LogP contribution in [-0.2, 0) is 21.9 Å². The lowest BCUT2D eigenvalue weighted by Crippen LogP contribution is -2.48. The maximum Gasteiger partial charge on any atom is 0.416 e. The van der Waals surface area contributed by atoms with Crippen LogP contribution >= 0.6 is 0 Å². The molecule has 1 aromatic rings. The summed E-state index contributed by atoms with van der Waals surface area (Å²) in [6.45, 7) is 0.691. The van der Waals surface area contributed by atoms with Crippen LogP contribution in [0.2, 0.25) is 0 Å². The molecule has 2 atom stereocenters. The number of likely N-dealkylation sites (tertiary alicyclic amines) is 1. The Balaban J connectivity index is 1.72. The van der Waals surface area contributed by atoms with Crippen molar-refractivity contribution in [3.8, 4) is 0 Å². The summed E-state index contributed by atoms with van der Waals surface area (Å²) in [6, 6.07) is 0.0569. The number of carbonyl (C=O) groups is 2. The van der Waals surface area contributed by atoms with Crippen LogP contribution < -0.4 is 0 Å². The Hall–Kier alpha value is -2.30. The van der Waals surface area contributed by atoms with E-state index in [0.29, 0.717) is 18.7 Å². The van der Waals surface area contributed by atoms with Crippen LogP contribution in [0.3, 0.4) is 0 Å². The SMILES string of the molecule is O=C(c1cc(C(F)(F)F)cc(C(F)(F)F)c1)N1CC[C@@]23OCCN2C(=O)C[C@@H]13. The van der Waals surface area contributed by atoms with Gasteiger partial charge in [0.05, 0.1) is 30.2 Å². The summed E-state index contributed by atoms with van der Waals surface area (Å²) in [6.07, 6.45) is -9.90. The summed E-state index contributed by atoms with van der Waals surface area (Å²) in [4.78, 5) is 27.6. The number of hydrogen-bond acceptors (Lipinski definition) is 3. The zero-order valence-electron chi connectivity index (χ0n) is 14.2. The van der Waals surface area contributed by atoms with Crippen LogP contribution in [-0.4, -0.2) is 53.1 Å². The van der Waals surface area contributed by atoms with Crippen LogP contribution in [0.4, 0.5) is 26.3 Å². The number of amides is 2. The Morgan fingerprint density at radius 1 is 1.04 bits per heavy atom. The lowest BCUT2D eigenvalue weighted by atomic mass is 10.0. The fourth-order valence-corrected chi connectivity index (χ4v) is 4.28. The molecule has 3 fully saturated rings. The molecule has 3 aliphatic heterocycles. The van der Waals surface area contributed by atoms with Gasteiger partial charge in [-0.2, -0.15) is 26.3 Å². The summed E-state index contributed by atoms with van der Waals surface area (Å²) in [5.74, 6) is -1.23. The van der Waals surface area contributed by atoms with Crippen molar-refractivity contribution in [3.05, 3.63) is 34.9 Å². The summed E-state index contributed by atoms with van der Waals surface area (Å²) in [5, 5.41) is 0. The Morgan fingerprint density at radius 2 is 1.64 bits per heavy atom. The van der Waals surface area contributed by atoms with Crippen LogP contribution in [0.25, 0.3) is 0 Å². The molecule has 152 valence electrons. The first kappa shape index (κ1) is 19.0. The van der Waals surface area contributed by atoms with Crippen LogP contribution in [0.15, 0.2) is 18.2 Å². The summed E-state index contributed by atoms with van der Waals surface area (Å²) >= 11 is 0. The van der Waals surface area contributed by atoms with E-state index in [-0.39, 0.29) is 38.0 Å². The number of hydrogen-bond donors (Lipinski definition) is 0. The first-order valence-electron chi connectivity index (χ1n) is 8.48. The molecule has 1 spiro atoms. The molecule has 0 bridgehead atoms. The largest absolute Gasteiger partial charge is 0.416 e. The van der Waals surface area contributed by atoms with Gasteiger partial charge in [-0.15, -0.1) is 0 Å². The molecule has 1 aromatic carbocycles. The third kappa shape index (κ3) is 2.75. The lowest BCUT2D eigenvalue weighted by molar-refractivity contribution is -0.143. The number of rotatable bonds is 1. The van der Waals surface area contributed by atoms with Gasteiger partial charge in [-0.3, -0.25) is 9.59 Å². The molecule has 3 saturated heterocycles. The van der Waals surface area contributed by atoms with E-state index < -0.39 is 46.7 Å². The van der Waals surface area contributed by atoms with E-state index in [2.05, 4.69) is 0 Å². The molecule has 0 aromatic heterocycles. The summed E-state index contributed by atoms with van der Waals surface area (Å²) < 4.78 is 84.0. The van der Waals surface area contributed by atoms with Crippen LogP contribution in [0, 0.1) is 0 Å². The molecule has 0 aliphatic carbocycles. The highest BCUT2D eigenvalue weighted by molar-refractivity contribution is 5.96. The maximum absolute atomic E-state index is 13.1. The normalized spacial score (nSPS) is 27.4. The van der Waals surface area contributed by atoms with E-state index in [1.165, 1.54) is 4.90 Å². The molecule has 28 heavy (non-hydrogen) atoms. The highest BCUT2D eigenvalue weighted by Crippen LogP contribution is 2.46. The minimum absolute atomic E-state index is 0.0246. The Kier molecular flexibility index (Phi) is 3.98. The molecule has 0 unspecified atom stereocenters. The summed E-state index contributed by atoms with van der Waals surface area (Å²) in [5.41, 5.74) is -4.86. The Labute approximate surface area is 154 Å². The van der Waals surface area contributed by atoms with Gasteiger partial charge in [0.25, 0.3) is 5.91 Å². The average molecular weight is 408 g/mol. The van der Waals surface area contributed by atoms with Crippen molar-refractivity contribution >= 4 is 11.8 Å². The molecule has 5 nitrogen and oxygen atoms in total. The maximum atomic E-state index is 13.1. The second-order valence-electron chi connectivity index (χ2n) is 7.00. The van der Waals surface area contributed by atoms with Gasteiger partial charge in [0.15, 0.2) is 5.72 Å². The van der Waals surface area contributed by atoms with Crippen molar-refractivity contribution in [2.24, 2.45) is 0 Å². The average Bonchev–Trinajstić information content (AvgIpc) is 3.23. The van der Waals surface area contributed by atoms with E-state index in [9.17, 15) is 35.9 Å². The zero-order chi connectivity index (χ0) is 20.5. The van der Waals surface area contributed by atoms with Gasteiger partial charge < -0.3 is 14.5 Å². The molecule has 3 heterocycles. The quantitative estimate of drug-likeness (QED) is 0.672. The van der Waals surface area contributed by atoms with Gasteiger partial charge >= 0.3 is 12.4 Å². The van der Waals surface area contributed by atoms with Crippen LogP contribution in [0.5, 0.6) is 0 Å². The Bertz CT molecular complexity index is 820. The first-order chi connectivity index (χ1) is 12.9. The van der Waals surface area contributed by atoms with E-state index in [0.717, 1.165) is 4.90 Å². The first-order valence-corrected chi connectivity index (χ1v) is 8.48. The minimum atomic E-state index is -5.04. The molecule has 0 saturated carbocycles. The molecule has 2 amide bonds. The van der Waals surface area contributed by atoms with Crippen LogP contribution in [0.1, 0.15) is 34.3 Å². The zero-order valence-corrected chi connectivity index (χ0v) is 14.2. The van der Waals surface area contributed by atoms with Crippen molar-refractivity contribution in [2.75, 3.05) is 19.7 Å². The van der Waals surface area contributed by atoms with Gasteiger partial charge in [-0.1, -0.05) is 0 Å². The van der Waals surface area contributed by atoms with Crippen molar-refractivity contribution < 1.29 is 40.7 Å². The predicted octanol–water partition coefficient (Wildman–Crippen LogP) is 2.90. The van der Waals surface area contributed by atoms with Gasteiger partial charge in [-0.25, -0.2) is 0 Å². The van der Waals surface area contributed by atoms with Gasteiger partial charge in [0.2, 0.25) is 5.91 Å². The number of carbonyl (C=O) groups excluding carboxylic acids is 2. The Morgan fingerprint density at radius 3 is 2.21 bits per heavy atom. The van der Waals surface area contributed by atoms with Crippen molar-refractivity contribution in [2.45, 2.75) is 37.0 Å². The third-order valence-electron chi connectivity index (χ3n) is 5.50. The predicted molar refractivity (Wildman–Crippen MR) is 80.9 cm³/mol. The fraction of sp³-hybridized carbons (Fsp3) is 0.529. The van der Waals surface area contributed by atoms with Gasteiger partial charge in [-0.05, 0) is 18.2 Å². The van der Waals surface area contributed by atoms with Crippen molar-refractivity contribution in [1.29, 1.82) is 0 Å². The van der Waals surface area contributed by atoms with E-state index in [1.54, 1.807) is 0 Å². The van der Waals surface area contributed by atoms with Crippen molar-refractivity contribution in [1.82, 2.24) is 9.80 Å². The molecule has 0 N–H and O–H groups in total. The second-order valence-corrected chi connectivity index (χ2v) is 7.00. The van der Waals surface area contributed by atoms with Crippen molar-refractivity contribution in [3.63, 3.8) is 0 Å². The van der Waals surface area contributed by atoms with Gasteiger partial charge in [0, 0.05) is 25.1 Å². The standard InChI is InChI=1S/C17H14F6N2O3/c18-16(19,20)10-5-9(6-11(7-10)17(21,22)23)14(27)24-2-1-15-12(24)8-13(26)25(15)3-4-28-15/h5-7,12H,1-4,8H2/t12-,15+/m1/s1. The number of nitrogens with zero attached hydrogens (tertiary/aromatic N) is 2. The van der Waals surface area contributed by atoms with E-state index in [1.807, 2.05) is 0 Å². The number of alkyl halides is 6.